The Morgan fingerprint density at radius 1 is 1.21 bits per heavy atom. The number of nitrogens with zero attached hydrogens (tertiary/aromatic N) is 3. The summed E-state index contributed by atoms with van der Waals surface area (Å²) in [4.78, 5) is 25.9. The van der Waals surface area contributed by atoms with Crippen molar-refractivity contribution >= 4 is 28.5 Å². The molecule has 0 radical (unpaired) electrons. The highest BCUT2D eigenvalue weighted by atomic mass is 35.5. The van der Waals surface area contributed by atoms with Crippen LogP contribution in [-0.2, 0) is 11.3 Å². The molecule has 2 heterocycles. The molecule has 0 N–H and O–H groups in total. The van der Waals surface area contributed by atoms with Crippen LogP contribution in [-0.4, -0.2) is 34.2 Å². The van der Waals surface area contributed by atoms with Crippen LogP contribution in [0.4, 0.5) is 0 Å². The largest absolute Gasteiger partial charge is 0.479 e. The molecule has 0 aliphatic carbocycles. The van der Waals surface area contributed by atoms with E-state index < -0.39 is 11.7 Å². The Bertz CT molecular complexity index is 1100. The number of likely N-dealkylation sites (N-methyl/N-ethyl adjacent to an activating group) is 1. The second-order valence-electron chi connectivity index (χ2n) is 6.59. The van der Waals surface area contributed by atoms with Crippen LogP contribution in [0.3, 0.4) is 0 Å². The summed E-state index contributed by atoms with van der Waals surface area (Å²) < 4.78 is 16.3. The van der Waals surface area contributed by atoms with Crippen molar-refractivity contribution in [1.29, 1.82) is 0 Å². The maximum absolute atomic E-state index is 12.6. The van der Waals surface area contributed by atoms with Gasteiger partial charge in [0.15, 0.2) is 6.10 Å². The third-order valence-corrected chi connectivity index (χ3v) is 4.77. The van der Waals surface area contributed by atoms with Crippen LogP contribution in [0.1, 0.15) is 29.8 Å². The van der Waals surface area contributed by atoms with Gasteiger partial charge in [-0.15, -0.1) is 10.2 Å². The second-order valence-corrected chi connectivity index (χ2v) is 6.99. The van der Waals surface area contributed by atoms with E-state index in [4.69, 9.17) is 25.2 Å². The van der Waals surface area contributed by atoms with Gasteiger partial charge in [0.1, 0.15) is 11.3 Å². The molecule has 0 aliphatic rings. The zero-order valence-corrected chi connectivity index (χ0v) is 17.0. The zero-order valence-electron chi connectivity index (χ0n) is 16.2. The summed E-state index contributed by atoms with van der Waals surface area (Å²) in [5, 5.41) is 8.64. The van der Waals surface area contributed by atoms with E-state index in [9.17, 15) is 9.59 Å². The van der Waals surface area contributed by atoms with E-state index in [1.54, 1.807) is 33.9 Å². The monoisotopic (exact) mass is 405 g/mol. The molecule has 1 amide bonds. The van der Waals surface area contributed by atoms with E-state index in [1.165, 1.54) is 11.0 Å². The lowest BCUT2D eigenvalue weighted by Crippen LogP contribution is -2.37. The van der Waals surface area contributed by atoms with Crippen LogP contribution in [0.5, 0.6) is 5.75 Å². The number of aryl methyl sites for hydroxylation is 2. The standard InChI is InChI=1S/C19H20ClN3O5/c1-9-10(2)19(25)28-15-7-16(14(20)6-13(9)15)26-11(3)18(24)23(5)8-17-22-21-12(4)27-17/h6-7,11H,8H2,1-5H3. The number of benzene rings is 1. The molecule has 9 heteroatoms. The molecule has 28 heavy (non-hydrogen) atoms. The molecule has 1 unspecified atom stereocenters. The quantitative estimate of drug-likeness (QED) is 0.601. The second kappa shape index (κ2) is 7.63. The molecule has 3 aromatic rings. The van der Waals surface area contributed by atoms with Gasteiger partial charge in [-0.05, 0) is 32.4 Å². The fraction of sp³-hybridized carbons (Fsp3) is 0.368. The predicted molar refractivity (Wildman–Crippen MR) is 103 cm³/mol. The molecule has 0 saturated carbocycles. The first-order valence-corrected chi connectivity index (χ1v) is 8.99. The van der Waals surface area contributed by atoms with E-state index in [0.717, 1.165) is 10.9 Å². The van der Waals surface area contributed by atoms with Gasteiger partial charge in [-0.25, -0.2) is 4.79 Å². The molecule has 0 saturated heterocycles. The molecule has 148 valence electrons. The number of hydrogen-bond donors (Lipinski definition) is 0. The van der Waals surface area contributed by atoms with E-state index in [2.05, 4.69) is 10.2 Å². The van der Waals surface area contributed by atoms with Crippen molar-refractivity contribution in [2.75, 3.05) is 7.05 Å². The van der Waals surface area contributed by atoms with Crippen LogP contribution in [0.15, 0.2) is 25.8 Å². The maximum atomic E-state index is 12.6. The van der Waals surface area contributed by atoms with Crippen molar-refractivity contribution < 1.29 is 18.4 Å². The van der Waals surface area contributed by atoms with Crippen molar-refractivity contribution in [2.45, 2.75) is 40.3 Å². The number of rotatable bonds is 5. The minimum atomic E-state index is -0.831. The average molecular weight is 406 g/mol. The molecule has 1 aromatic carbocycles. The molecule has 3 rings (SSSR count). The van der Waals surface area contributed by atoms with E-state index in [1.807, 2.05) is 6.92 Å². The van der Waals surface area contributed by atoms with Crippen LogP contribution in [0.2, 0.25) is 5.02 Å². The van der Waals surface area contributed by atoms with Gasteiger partial charge in [-0.3, -0.25) is 4.79 Å². The predicted octanol–water partition coefficient (Wildman–Crippen LogP) is 3.18. The number of ether oxygens (including phenoxy) is 1. The first-order chi connectivity index (χ1) is 13.2. The molecule has 8 nitrogen and oxygen atoms in total. The molecular formula is C19H20ClN3O5. The molecule has 0 spiro atoms. The summed E-state index contributed by atoms with van der Waals surface area (Å²) in [5.74, 6) is 0.712. The van der Waals surface area contributed by atoms with Crippen molar-refractivity contribution in [3.05, 3.63) is 50.5 Å². The lowest BCUT2D eigenvalue weighted by molar-refractivity contribution is -0.137. The minimum Gasteiger partial charge on any atom is -0.479 e. The molecule has 0 bridgehead atoms. The smallest absolute Gasteiger partial charge is 0.339 e. The average Bonchev–Trinajstić information content (AvgIpc) is 3.05. The summed E-state index contributed by atoms with van der Waals surface area (Å²) in [6.45, 7) is 6.96. The number of carbonyl (C=O) groups excluding carboxylic acids is 1. The fourth-order valence-corrected chi connectivity index (χ4v) is 2.98. The van der Waals surface area contributed by atoms with E-state index in [0.29, 0.717) is 28.0 Å². The molecule has 0 aliphatic heterocycles. The summed E-state index contributed by atoms with van der Waals surface area (Å²) in [6.07, 6.45) is -0.831. The topological polar surface area (TPSA) is 98.7 Å². The van der Waals surface area contributed by atoms with E-state index in [-0.39, 0.29) is 18.2 Å². The van der Waals surface area contributed by atoms with Gasteiger partial charge in [0.25, 0.3) is 5.91 Å². The molecule has 1 atom stereocenters. The van der Waals surface area contributed by atoms with Gasteiger partial charge < -0.3 is 18.5 Å². The van der Waals surface area contributed by atoms with Gasteiger partial charge >= 0.3 is 5.63 Å². The first kappa shape index (κ1) is 19.9. The number of hydrogen-bond acceptors (Lipinski definition) is 7. The van der Waals surface area contributed by atoms with Gasteiger partial charge in [0.05, 0.1) is 11.6 Å². The molecule has 2 aromatic heterocycles. The van der Waals surface area contributed by atoms with Crippen molar-refractivity contribution in [2.24, 2.45) is 0 Å². The van der Waals surface area contributed by atoms with Crippen molar-refractivity contribution in [3.63, 3.8) is 0 Å². The Hall–Kier alpha value is -2.87. The van der Waals surface area contributed by atoms with Crippen LogP contribution >= 0.6 is 11.6 Å². The summed E-state index contributed by atoms with van der Waals surface area (Å²) in [7, 11) is 1.61. The third-order valence-electron chi connectivity index (χ3n) is 4.48. The number of aromatic nitrogens is 2. The van der Waals surface area contributed by atoms with Crippen molar-refractivity contribution in [3.8, 4) is 5.75 Å². The molecular weight excluding hydrogens is 386 g/mol. The van der Waals surface area contributed by atoms with E-state index >= 15 is 0 Å². The van der Waals surface area contributed by atoms with Crippen molar-refractivity contribution in [1.82, 2.24) is 15.1 Å². The number of fused-ring (bicyclic) bond motifs is 1. The van der Waals surface area contributed by atoms with Gasteiger partial charge in [0.2, 0.25) is 11.8 Å². The van der Waals surface area contributed by atoms with Gasteiger partial charge in [0, 0.05) is 31.0 Å². The highest BCUT2D eigenvalue weighted by Crippen LogP contribution is 2.32. The Morgan fingerprint density at radius 2 is 1.93 bits per heavy atom. The van der Waals surface area contributed by atoms with Crippen LogP contribution in [0, 0.1) is 20.8 Å². The first-order valence-electron chi connectivity index (χ1n) is 8.61. The third kappa shape index (κ3) is 3.87. The van der Waals surface area contributed by atoms with Crippen LogP contribution < -0.4 is 10.4 Å². The van der Waals surface area contributed by atoms with Crippen LogP contribution in [0.25, 0.3) is 11.0 Å². The maximum Gasteiger partial charge on any atom is 0.339 e. The van der Waals surface area contributed by atoms with Gasteiger partial charge in [-0.1, -0.05) is 11.6 Å². The normalized spacial score (nSPS) is 12.2. The minimum absolute atomic E-state index is 0.159. The number of carbonyl (C=O) groups is 1. The lowest BCUT2D eigenvalue weighted by atomic mass is 10.1. The highest BCUT2D eigenvalue weighted by molar-refractivity contribution is 6.32. The Morgan fingerprint density at radius 3 is 2.57 bits per heavy atom. The summed E-state index contributed by atoms with van der Waals surface area (Å²) in [6, 6.07) is 3.19. The Balaban J connectivity index is 1.81. The summed E-state index contributed by atoms with van der Waals surface area (Å²) in [5.41, 5.74) is 1.25. The number of amides is 1. The SMILES string of the molecule is Cc1nnc(CN(C)C(=O)C(C)Oc2cc3oc(=O)c(C)c(C)c3cc2Cl)o1. The molecule has 0 fully saturated rings. The fourth-order valence-electron chi connectivity index (χ4n) is 2.77. The Kier molecular flexibility index (Phi) is 5.42. The lowest BCUT2D eigenvalue weighted by Gasteiger charge is -2.21. The zero-order chi connectivity index (χ0) is 20.6. The summed E-state index contributed by atoms with van der Waals surface area (Å²) >= 11 is 6.33. The number of halogens is 1. The van der Waals surface area contributed by atoms with Gasteiger partial charge in [-0.2, -0.15) is 0 Å². The Labute approximate surface area is 166 Å². The highest BCUT2D eigenvalue weighted by Gasteiger charge is 2.22.